The van der Waals surface area contributed by atoms with Crippen LogP contribution in [0.15, 0.2) is 0 Å². The van der Waals surface area contributed by atoms with Gasteiger partial charge in [-0.2, -0.15) is 0 Å². The van der Waals surface area contributed by atoms with E-state index in [2.05, 4.69) is 27.7 Å². The fourth-order valence-electron chi connectivity index (χ4n) is 1.47. The van der Waals surface area contributed by atoms with Gasteiger partial charge in [0.2, 0.25) is 0 Å². The molecule has 0 aromatic carbocycles. The minimum atomic E-state index is 0.571. The van der Waals surface area contributed by atoms with Gasteiger partial charge in [-0.05, 0) is 37.5 Å². The topological polar surface area (TPSA) is 9.23 Å². The van der Waals surface area contributed by atoms with Crippen molar-refractivity contribution in [3.05, 3.63) is 0 Å². The lowest BCUT2D eigenvalue weighted by Crippen LogP contribution is -2.18. The van der Waals surface area contributed by atoms with Gasteiger partial charge in [-0.15, -0.1) is 0 Å². The first-order chi connectivity index (χ1) is 7.06. The summed E-state index contributed by atoms with van der Waals surface area (Å²) in [4.78, 5) is 0. The van der Waals surface area contributed by atoms with E-state index in [0.717, 1.165) is 11.8 Å². The summed E-state index contributed by atoms with van der Waals surface area (Å²) in [5, 5.41) is 0. The van der Waals surface area contributed by atoms with E-state index in [0.29, 0.717) is 6.10 Å². The van der Waals surface area contributed by atoms with Gasteiger partial charge in [-0.1, -0.05) is 41.5 Å². The van der Waals surface area contributed by atoms with Crippen LogP contribution < -0.4 is 0 Å². The standard InChI is InChI=1S/C8H16O.C4H10.C2H6/c1-7-3-5-8(9-2)6-4-7;1-4(2)3;1-2/h7-8H,3-6H2,1-2H3;4H,1-3H3;1-2H3. The zero-order valence-corrected chi connectivity index (χ0v) is 12.0. The number of ether oxygens (including phenoxy) is 1. The average Bonchev–Trinajstić information content (AvgIpc) is 2.21. The third-order valence-corrected chi connectivity index (χ3v) is 2.30. The van der Waals surface area contributed by atoms with Crippen molar-refractivity contribution < 1.29 is 4.74 Å². The van der Waals surface area contributed by atoms with Crippen LogP contribution in [0.5, 0.6) is 0 Å². The van der Waals surface area contributed by atoms with E-state index in [1.54, 1.807) is 0 Å². The molecule has 15 heavy (non-hydrogen) atoms. The molecule has 0 aromatic heterocycles. The predicted molar refractivity (Wildman–Crippen MR) is 70.3 cm³/mol. The van der Waals surface area contributed by atoms with Gasteiger partial charge < -0.3 is 4.74 Å². The Labute approximate surface area is 97.6 Å². The Kier molecular flexibility index (Phi) is 13.9. The number of rotatable bonds is 1. The molecule has 0 amide bonds. The van der Waals surface area contributed by atoms with Crippen molar-refractivity contribution in [2.24, 2.45) is 11.8 Å². The van der Waals surface area contributed by atoms with Crippen LogP contribution in [0.25, 0.3) is 0 Å². The molecule has 0 spiro atoms. The Balaban J connectivity index is 0. The van der Waals surface area contributed by atoms with Crippen LogP contribution in [0.4, 0.5) is 0 Å². The van der Waals surface area contributed by atoms with E-state index in [4.69, 9.17) is 4.74 Å². The molecule has 1 aliphatic rings. The molecule has 1 aliphatic carbocycles. The molecule has 1 heteroatoms. The van der Waals surface area contributed by atoms with Gasteiger partial charge in [0.15, 0.2) is 0 Å². The zero-order chi connectivity index (χ0) is 12.3. The van der Waals surface area contributed by atoms with Gasteiger partial charge in [0.1, 0.15) is 0 Å². The number of hydrogen-bond acceptors (Lipinski definition) is 1. The lowest BCUT2D eigenvalue weighted by Gasteiger charge is -2.24. The quantitative estimate of drug-likeness (QED) is 0.606. The second kappa shape index (κ2) is 12.0. The molecule has 1 fully saturated rings. The Hall–Kier alpha value is -0.0400. The van der Waals surface area contributed by atoms with Gasteiger partial charge in [0.05, 0.1) is 6.10 Å². The number of methoxy groups -OCH3 is 1. The second-order valence-corrected chi connectivity index (χ2v) is 4.85. The second-order valence-electron chi connectivity index (χ2n) is 4.85. The minimum Gasteiger partial charge on any atom is -0.381 e. The van der Waals surface area contributed by atoms with E-state index in [9.17, 15) is 0 Å². The third-order valence-electron chi connectivity index (χ3n) is 2.30. The first kappa shape index (κ1) is 17.4. The smallest absolute Gasteiger partial charge is 0.0571 e. The van der Waals surface area contributed by atoms with Crippen molar-refractivity contribution in [1.82, 2.24) is 0 Å². The summed E-state index contributed by atoms with van der Waals surface area (Å²) >= 11 is 0. The lowest BCUT2D eigenvalue weighted by atomic mass is 9.89. The predicted octanol–water partition coefficient (Wildman–Crippen LogP) is 4.90. The molecule has 0 atom stereocenters. The van der Waals surface area contributed by atoms with Crippen LogP contribution in [0.1, 0.15) is 67.2 Å². The average molecular weight is 216 g/mol. The van der Waals surface area contributed by atoms with E-state index in [1.807, 2.05) is 21.0 Å². The normalized spacial score (nSPS) is 24.8. The monoisotopic (exact) mass is 216 g/mol. The molecule has 0 saturated heterocycles. The molecule has 0 aromatic rings. The Morgan fingerprint density at radius 3 is 1.53 bits per heavy atom. The van der Waals surface area contributed by atoms with Crippen molar-refractivity contribution >= 4 is 0 Å². The molecular weight excluding hydrogens is 184 g/mol. The van der Waals surface area contributed by atoms with Crippen molar-refractivity contribution in [2.45, 2.75) is 73.3 Å². The van der Waals surface area contributed by atoms with Crippen molar-refractivity contribution in [1.29, 1.82) is 0 Å². The van der Waals surface area contributed by atoms with E-state index < -0.39 is 0 Å². The summed E-state index contributed by atoms with van der Waals surface area (Å²) in [5.74, 6) is 1.77. The summed E-state index contributed by atoms with van der Waals surface area (Å²) in [6.45, 7) is 12.8. The highest BCUT2D eigenvalue weighted by Crippen LogP contribution is 2.24. The molecule has 1 saturated carbocycles. The minimum absolute atomic E-state index is 0.571. The van der Waals surface area contributed by atoms with Crippen LogP contribution in [0, 0.1) is 11.8 Å². The Morgan fingerprint density at radius 2 is 1.27 bits per heavy atom. The molecule has 1 rings (SSSR count). The highest BCUT2D eigenvalue weighted by Gasteiger charge is 2.16. The molecule has 0 unspecified atom stereocenters. The maximum Gasteiger partial charge on any atom is 0.0571 e. The van der Waals surface area contributed by atoms with Crippen LogP contribution >= 0.6 is 0 Å². The summed E-state index contributed by atoms with van der Waals surface area (Å²) in [5.41, 5.74) is 0. The van der Waals surface area contributed by atoms with Gasteiger partial charge in [0, 0.05) is 7.11 Å². The molecule has 0 radical (unpaired) electrons. The highest BCUT2D eigenvalue weighted by molar-refractivity contribution is 4.68. The molecule has 0 N–H and O–H groups in total. The Bertz CT molecular complexity index is 99.2. The zero-order valence-electron chi connectivity index (χ0n) is 12.0. The van der Waals surface area contributed by atoms with Crippen molar-refractivity contribution in [3.63, 3.8) is 0 Å². The van der Waals surface area contributed by atoms with E-state index in [-0.39, 0.29) is 0 Å². The van der Waals surface area contributed by atoms with Crippen molar-refractivity contribution in [2.75, 3.05) is 7.11 Å². The van der Waals surface area contributed by atoms with Crippen LogP contribution in [-0.2, 0) is 4.74 Å². The van der Waals surface area contributed by atoms with E-state index in [1.165, 1.54) is 25.7 Å². The first-order valence-corrected chi connectivity index (χ1v) is 6.59. The van der Waals surface area contributed by atoms with Gasteiger partial charge in [0.25, 0.3) is 0 Å². The summed E-state index contributed by atoms with van der Waals surface area (Å²) in [6.07, 6.45) is 5.84. The van der Waals surface area contributed by atoms with Crippen LogP contribution in [-0.4, -0.2) is 13.2 Å². The number of hydrogen-bond donors (Lipinski definition) is 0. The molecular formula is C14H32O. The van der Waals surface area contributed by atoms with Gasteiger partial charge in [-0.3, -0.25) is 0 Å². The van der Waals surface area contributed by atoms with Gasteiger partial charge in [-0.25, -0.2) is 0 Å². The maximum absolute atomic E-state index is 5.24. The molecule has 0 bridgehead atoms. The van der Waals surface area contributed by atoms with Crippen LogP contribution in [0.3, 0.4) is 0 Å². The summed E-state index contributed by atoms with van der Waals surface area (Å²) in [6, 6.07) is 0. The molecule has 94 valence electrons. The van der Waals surface area contributed by atoms with Crippen molar-refractivity contribution in [3.8, 4) is 0 Å². The summed E-state index contributed by atoms with van der Waals surface area (Å²) in [7, 11) is 1.82. The van der Waals surface area contributed by atoms with E-state index >= 15 is 0 Å². The SMILES string of the molecule is CC.CC(C)C.COC1CCC(C)CC1. The lowest BCUT2D eigenvalue weighted by molar-refractivity contribution is 0.0593. The highest BCUT2D eigenvalue weighted by atomic mass is 16.5. The maximum atomic E-state index is 5.24. The third kappa shape index (κ3) is 14.0. The molecule has 0 heterocycles. The molecule has 0 aliphatic heterocycles. The van der Waals surface area contributed by atoms with Gasteiger partial charge >= 0.3 is 0 Å². The first-order valence-electron chi connectivity index (χ1n) is 6.59. The molecule has 1 nitrogen and oxygen atoms in total. The summed E-state index contributed by atoms with van der Waals surface area (Å²) < 4.78 is 5.24. The Morgan fingerprint density at radius 1 is 0.933 bits per heavy atom. The van der Waals surface area contributed by atoms with Crippen LogP contribution in [0.2, 0.25) is 0 Å². The fraction of sp³-hybridized carbons (Fsp3) is 1.00. The fourth-order valence-corrected chi connectivity index (χ4v) is 1.47. The largest absolute Gasteiger partial charge is 0.381 e.